The van der Waals surface area contributed by atoms with Gasteiger partial charge < -0.3 is 10.1 Å². The standard InChI is InChI=1S/C14H12Cl2N2O3/c1-3-4-18-13(19)11(17-14(18)20)7-8-5-9(15)12(21-2)10(16)6-8/h3,5-7H,1,4H2,2H3,(H,17,20). The Bertz CT molecular complexity index is 633. The highest BCUT2D eigenvalue weighted by atomic mass is 35.5. The van der Waals surface area contributed by atoms with Crippen molar-refractivity contribution in [2.24, 2.45) is 0 Å². The Labute approximate surface area is 131 Å². The molecule has 0 saturated carbocycles. The molecule has 1 N–H and O–H groups in total. The summed E-state index contributed by atoms with van der Waals surface area (Å²) in [5, 5.41) is 3.12. The highest BCUT2D eigenvalue weighted by molar-refractivity contribution is 6.37. The smallest absolute Gasteiger partial charge is 0.329 e. The summed E-state index contributed by atoms with van der Waals surface area (Å²) in [7, 11) is 1.46. The van der Waals surface area contributed by atoms with Gasteiger partial charge in [-0.05, 0) is 23.8 Å². The average Bonchev–Trinajstić information content (AvgIpc) is 2.66. The summed E-state index contributed by atoms with van der Waals surface area (Å²) in [6, 6.07) is 2.70. The predicted octanol–water partition coefficient (Wildman–Crippen LogP) is 3.08. The number of ether oxygens (including phenoxy) is 1. The van der Waals surface area contributed by atoms with Crippen LogP contribution in [0.4, 0.5) is 4.79 Å². The highest BCUT2D eigenvalue weighted by Crippen LogP contribution is 2.34. The summed E-state index contributed by atoms with van der Waals surface area (Å²) in [6.45, 7) is 3.65. The van der Waals surface area contributed by atoms with Crippen LogP contribution in [-0.2, 0) is 4.79 Å². The van der Waals surface area contributed by atoms with Gasteiger partial charge in [0.05, 0.1) is 17.2 Å². The van der Waals surface area contributed by atoms with Gasteiger partial charge in [-0.1, -0.05) is 29.3 Å². The second-order valence-corrected chi connectivity index (χ2v) is 5.02. The van der Waals surface area contributed by atoms with Crippen molar-refractivity contribution in [1.29, 1.82) is 0 Å². The van der Waals surface area contributed by atoms with Crippen molar-refractivity contribution >= 4 is 41.2 Å². The van der Waals surface area contributed by atoms with Gasteiger partial charge in [0.15, 0.2) is 5.75 Å². The lowest BCUT2D eigenvalue weighted by Crippen LogP contribution is -2.30. The SMILES string of the molecule is C=CCN1C(=O)NC(=Cc2cc(Cl)c(OC)c(Cl)c2)C1=O. The van der Waals surface area contributed by atoms with Crippen LogP contribution in [0, 0.1) is 0 Å². The van der Waals surface area contributed by atoms with E-state index >= 15 is 0 Å². The summed E-state index contributed by atoms with van der Waals surface area (Å²) < 4.78 is 5.05. The number of benzene rings is 1. The fourth-order valence-electron chi connectivity index (χ4n) is 1.89. The molecule has 5 nitrogen and oxygen atoms in total. The molecule has 1 fully saturated rings. The van der Waals surface area contributed by atoms with E-state index in [1.54, 1.807) is 12.1 Å². The van der Waals surface area contributed by atoms with E-state index in [-0.39, 0.29) is 12.2 Å². The van der Waals surface area contributed by atoms with Crippen LogP contribution in [-0.4, -0.2) is 30.5 Å². The molecule has 110 valence electrons. The van der Waals surface area contributed by atoms with Crippen LogP contribution in [0.2, 0.25) is 10.0 Å². The van der Waals surface area contributed by atoms with E-state index in [4.69, 9.17) is 27.9 Å². The van der Waals surface area contributed by atoms with Gasteiger partial charge in [-0.25, -0.2) is 4.79 Å². The minimum Gasteiger partial charge on any atom is -0.494 e. The molecular weight excluding hydrogens is 315 g/mol. The van der Waals surface area contributed by atoms with E-state index in [2.05, 4.69) is 11.9 Å². The number of nitrogens with one attached hydrogen (secondary N) is 1. The molecule has 21 heavy (non-hydrogen) atoms. The van der Waals surface area contributed by atoms with Gasteiger partial charge >= 0.3 is 6.03 Å². The lowest BCUT2D eigenvalue weighted by molar-refractivity contribution is -0.122. The molecule has 0 atom stereocenters. The number of rotatable bonds is 4. The lowest BCUT2D eigenvalue weighted by atomic mass is 10.2. The zero-order valence-electron chi connectivity index (χ0n) is 11.2. The van der Waals surface area contributed by atoms with Crippen molar-refractivity contribution in [2.45, 2.75) is 0 Å². The molecule has 1 saturated heterocycles. The third-order valence-electron chi connectivity index (χ3n) is 2.81. The molecule has 1 aromatic rings. The first-order valence-electron chi connectivity index (χ1n) is 5.96. The Balaban J connectivity index is 2.35. The Hall–Kier alpha value is -1.98. The maximum Gasteiger partial charge on any atom is 0.329 e. The van der Waals surface area contributed by atoms with E-state index in [0.717, 1.165) is 4.90 Å². The molecule has 1 aliphatic heterocycles. The van der Waals surface area contributed by atoms with Gasteiger partial charge in [0.2, 0.25) is 0 Å². The summed E-state index contributed by atoms with van der Waals surface area (Å²) in [5.41, 5.74) is 0.731. The number of amides is 3. The molecular formula is C14H12Cl2N2O3. The number of carbonyl (C=O) groups is 2. The molecule has 0 radical (unpaired) electrons. The van der Waals surface area contributed by atoms with Gasteiger partial charge in [-0.15, -0.1) is 6.58 Å². The third kappa shape index (κ3) is 3.04. The van der Waals surface area contributed by atoms with Crippen molar-refractivity contribution in [3.63, 3.8) is 0 Å². The monoisotopic (exact) mass is 326 g/mol. The number of hydrogen-bond donors (Lipinski definition) is 1. The van der Waals surface area contributed by atoms with Gasteiger partial charge in [0.1, 0.15) is 5.70 Å². The van der Waals surface area contributed by atoms with E-state index in [0.29, 0.717) is 21.4 Å². The van der Waals surface area contributed by atoms with Crippen LogP contribution < -0.4 is 10.1 Å². The molecule has 2 rings (SSSR count). The molecule has 1 heterocycles. The Morgan fingerprint density at radius 3 is 2.48 bits per heavy atom. The van der Waals surface area contributed by atoms with Crippen LogP contribution in [0.1, 0.15) is 5.56 Å². The Morgan fingerprint density at radius 1 is 1.33 bits per heavy atom. The van der Waals surface area contributed by atoms with Crippen LogP contribution in [0.3, 0.4) is 0 Å². The van der Waals surface area contributed by atoms with Crippen molar-refractivity contribution < 1.29 is 14.3 Å². The number of nitrogens with zero attached hydrogens (tertiary/aromatic N) is 1. The van der Waals surface area contributed by atoms with Crippen LogP contribution in [0.25, 0.3) is 6.08 Å². The van der Waals surface area contributed by atoms with E-state index in [1.807, 2.05) is 0 Å². The van der Waals surface area contributed by atoms with Gasteiger partial charge in [0.25, 0.3) is 5.91 Å². The minimum atomic E-state index is -0.489. The lowest BCUT2D eigenvalue weighted by Gasteiger charge is -2.07. The molecule has 0 aliphatic carbocycles. The number of carbonyl (C=O) groups excluding carboxylic acids is 2. The molecule has 1 aromatic carbocycles. The fourth-order valence-corrected chi connectivity index (χ4v) is 2.55. The summed E-state index contributed by atoms with van der Waals surface area (Å²) in [4.78, 5) is 24.7. The van der Waals surface area contributed by atoms with E-state index in [1.165, 1.54) is 19.3 Å². The number of urea groups is 1. The second-order valence-electron chi connectivity index (χ2n) is 4.21. The second kappa shape index (κ2) is 6.20. The number of imide groups is 1. The summed E-state index contributed by atoms with van der Waals surface area (Å²) in [5.74, 6) is -0.0708. The Morgan fingerprint density at radius 2 is 1.95 bits per heavy atom. The van der Waals surface area contributed by atoms with Gasteiger partial charge in [-0.3, -0.25) is 9.69 Å². The largest absolute Gasteiger partial charge is 0.494 e. The zero-order chi connectivity index (χ0) is 15.6. The molecule has 1 aliphatic rings. The third-order valence-corrected chi connectivity index (χ3v) is 3.37. The van der Waals surface area contributed by atoms with Crippen molar-refractivity contribution in [3.8, 4) is 5.75 Å². The summed E-state index contributed by atoms with van der Waals surface area (Å²) >= 11 is 12.1. The summed E-state index contributed by atoms with van der Waals surface area (Å²) in [6.07, 6.45) is 2.97. The van der Waals surface area contributed by atoms with Crippen molar-refractivity contribution in [2.75, 3.05) is 13.7 Å². The fraction of sp³-hybridized carbons (Fsp3) is 0.143. The predicted molar refractivity (Wildman–Crippen MR) is 81.4 cm³/mol. The molecule has 0 unspecified atom stereocenters. The first-order valence-corrected chi connectivity index (χ1v) is 6.72. The van der Waals surface area contributed by atoms with E-state index in [9.17, 15) is 9.59 Å². The average molecular weight is 327 g/mol. The number of hydrogen-bond acceptors (Lipinski definition) is 3. The minimum absolute atomic E-state index is 0.145. The van der Waals surface area contributed by atoms with Crippen LogP contribution in [0.5, 0.6) is 5.75 Å². The molecule has 0 aromatic heterocycles. The van der Waals surface area contributed by atoms with Crippen molar-refractivity contribution in [1.82, 2.24) is 10.2 Å². The Kier molecular flexibility index (Phi) is 4.55. The highest BCUT2D eigenvalue weighted by Gasteiger charge is 2.32. The van der Waals surface area contributed by atoms with Crippen LogP contribution >= 0.6 is 23.2 Å². The topological polar surface area (TPSA) is 58.6 Å². The van der Waals surface area contributed by atoms with Crippen molar-refractivity contribution in [3.05, 3.63) is 46.1 Å². The van der Waals surface area contributed by atoms with Crippen LogP contribution in [0.15, 0.2) is 30.5 Å². The maximum atomic E-state index is 12.0. The zero-order valence-corrected chi connectivity index (χ0v) is 12.7. The first-order chi connectivity index (χ1) is 9.97. The molecule has 0 bridgehead atoms. The first kappa shape index (κ1) is 15.4. The van der Waals surface area contributed by atoms with Gasteiger partial charge in [-0.2, -0.15) is 0 Å². The van der Waals surface area contributed by atoms with E-state index < -0.39 is 11.9 Å². The van der Waals surface area contributed by atoms with Gasteiger partial charge in [0, 0.05) is 6.54 Å². The quantitative estimate of drug-likeness (QED) is 0.525. The number of halogens is 2. The number of methoxy groups -OCH3 is 1. The normalized spacial score (nSPS) is 16.3. The maximum absolute atomic E-state index is 12.0. The molecule has 7 heteroatoms. The molecule has 3 amide bonds. The molecule has 0 spiro atoms.